The van der Waals surface area contributed by atoms with Crippen molar-refractivity contribution in [2.24, 2.45) is 0 Å². The van der Waals surface area contributed by atoms with Crippen LogP contribution in [0.5, 0.6) is 5.75 Å². The molecule has 0 aliphatic heterocycles. The molecule has 1 amide bonds. The first-order valence-electron chi connectivity index (χ1n) is 7.44. The molecule has 0 saturated heterocycles. The average Bonchev–Trinajstić information content (AvgIpc) is 2.58. The largest absolute Gasteiger partial charge is 0.550 e. The van der Waals surface area contributed by atoms with Gasteiger partial charge in [0.25, 0.3) is 5.91 Å². The summed E-state index contributed by atoms with van der Waals surface area (Å²) in [6.45, 7) is 0.0370. The summed E-state index contributed by atoms with van der Waals surface area (Å²) in [5.74, 6) is -1.31. The van der Waals surface area contributed by atoms with Gasteiger partial charge in [-0.05, 0) is 36.2 Å². The summed E-state index contributed by atoms with van der Waals surface area (Å²) in [5, 5.41) is 14.2. The van der Waals surface area contributed by atoms with Crippen LogP contribution in [0.15, 0.2) is 54.6 Å². The number of benzene rings is 2. The molecule has 0 heterocycles. The smallest absolute Gasteiger partial charge is 0.257 e. The topological polar surface area (TPSA) is 78.5 Å². The number of hydrogen-bond donors (Lipinski definition) is 1. The lowest BCUT2D eigenvalue weighted by atomic mass is 9.96. The van der Waals surface area contributed by atoms with Gasteiger partial charge < -0.3 is 20.0 Å². The van der Waals surface area contributed by atoms with Crippen molar-refractivity contribution in [3.05, 3.63) is 65.2 Å². The van der Waals surface area contributed by atoms with E-state index in [1.807, 2.05) is 30.3 Å². The van der Waals surface area contributed by atoms with Crippen molar-refractivity contribution in [1.29, 1.82) is 0 Å². The van der Waals surface area contributed by atoms with E-state index in [9.17, 15) is 14.7 Å². The third kappa shape index (κ3) is 5.93. The van der Waals surface area contributed by atoms with Crippen LogP contribution in [0.4, 0.5) is 0 Å². The summed E-state index contributed by atoms with van der Waals surface area (Å²) in [6.07, 6.45) is -0.164. The highest BCUT2D eigenvalue weighted by Gasteiger charge is 2.13. The molecule has 24 heavy (non-hydrogen) atoms. The Labute approximate surface area is 145 Å². The van der Waals surface area contributed by atoms with Crippen LogP contribution in [-0.4, -0.2) is 25.0 Å². The van der Waals surface area contributed by atoms with Crippen molar-refractivity contribution in [3.8, 4) is 5.75 Å². The number of carbonyl (C=O) groups excluding carboxylic acids is 2. The zero-order valence-corrected chi connectivity index (χ0v) is 13.7. The first-order chi connectivity index (χ1) is 11.5. The molecule has 0 fully saturated rings. The number of nitrogens with one attached hydrogen (secondary N) is 1. The van der Waals surface area contributed by atoms with E-state index in [0.29, 0.717) is 10.8 Å². The fraction of sp³-hybridized carbons (Fsp3) is 0.222. The number of carbonyl (C=O) groups is 2. The van der Waals surface area contributed by atoms with Gasteiger partial charge in [-0.2, -0.15) is 0 Å². The fourth-order valence-electron chi connectivity index (χ4n) is 2.20. The normalized spacial score (nSPS) is 11.5. The lowest BCUT2D eigenvalue weighted by Crippen LogP contribution is -2.34. The highest BCUT2D eigenvalue weighted by atomic mass is 35.5. The van der Waals surface area contributed by atoms with E-state index in [1.165, 1.54) is 0 Å². The molecule has 6 heteroatoms. The third-order valence-electron chi connectivity index (χ3n) is 3.41. The van der Waals surface area contributed by atoms with Crippen LogP contribution >= 0.6 is 11.6 Å². The van der Waals surface area contributed by atoms with Crippen LogP contribution in [0.3, 0.4) is 0 Å². The van der Waals surface area contributed by atoms with Gasteiger partial charge in [0, 0.05) is 23.5 Å². The first kappa shape index (κ1) is 17.8. The minimum Gasteiger partial charge on any atom is -0.550 e. The summed E-state index contributed by atoms with van der Waals surface area (Å²) in [7, 11) is 0. The standard InChI is InChI=1S/C18H18ClNO4/c19-15-6-8-16(9-7-15)24-12-17(21)20-11-14(10-18(22)23)13-4-2-1-3-5-13/h1-9,14H,10-12H2,(H,20,21)(H,22,23)/p-1/t14-/m1/s1. The fourth-order valence-corrected chi connectivity index (χ4v) is 2.33. The number of rotatable bonds is 8. The summed E-state index contributed by atoms with van der Waals surface area (Å²) in [5.41, 5.74) is 0.834. The van der Waals surface area contributed by atoms with Gasteiger partial charge in [-0.15, -0.1) is 0 Å². The summed E-state index contributed by atoms with van der Waals surface area (Å²) in [6, 6.07) is 15.8. The maximum absolute atomic E-state index is 11.9. The van der Waals surface area contributed by atoms with Gasteiger partial charge in [0.15, 0.2) is 6.61 Å². The predicted molar refractivity (Wildman–Crippen MR) is 88.8 cm³/mol. The number of hydrogen-bond acceptors (Lipinski definition) is 4. The Kier molecular flexibility index (Phi) is 6.63. The van der Waals surface area contributed by atoms with Crippen molar-refractivity contribution in [1.82, 2.24) is 5.32 Å². The number of carboxylic acids is 1. The van der Waals surface area contributed by atoms with E-state index < -0.39 is 5.97 Å². The Bertz CT molecular complexity index is 673. The van der Waals surface area contributed by atoms with Gasteiger partial charge >= 0.3 is 0 Å². The molecule has 5 nitrogen and oxygen atoms in total. The molecule has 0 saturated carbocycles. The summed E-state index contributed by atoms with van der Waals surface area (Å²) in [4.78, 5) is 22.8. The second-order valence-electron chi connectivity index (χ2n) is 5.23. The van der Waals surface area contributed by atoms with Crippen molar-refractivity contribution in [2.45, 2.75) is 12.3 Å². The number of carboxylic acid groups (broad SMARTS) is 1. The SMILES string of the molecule is O=C([O-])C[C@H](CNC(=O)COc1ccc(Cl)cc1)c1ccccc1. The van der Waals surface area contributed by atoms with Gasteiger partial charge in [-0.3, -0.25) is 4.79 Å². The van der Waals surface area contributed by atoms with Crippen molar-refractivity contribution in [2.75, 3.05) is 13.2 Å². The van der Waals surface area contributed by atoms with Crippen LogP contribution in [0.2, 0.25) is 5.02 Å². The van der Waals surface area contributed by atoms with Gasteiger partial charge in [-0.1, -0.05) is 41.9 Å². The van der Waals surface area contributed by atoms with Crippen LogP contribution < -0.4 is 15.2 Å². The van der Waals surface area contributed by atoms with E-state index in [4.69, 9.17) is 16.3 Å². The molecular formula is C18H17ClNO4-. The van der Waals surface area contributed by atoms with E-state index in [0.717, 1.165) is 5.56 Å². The van der Waals surface area contributed by atoms with Crippen molar-refractivity contribution >= 4 is 23.5 Å². The Balaban J connectivity index is 1.85. The van der Waals surface area contributed by atoms with Crippen molar-refractivity contribution < 1.29 is 19.4 Å². The molecule has 0 unspecified atom stereocenters. The molecule has 0 aliphatic carbocycles. The molecule has 126 valence electrons. The van der Waals surface area contributed by atoms with Gasteiger partial charge in [-0.25, -0.2) is 0 Å². The molecular weight excluding hydrogens is 330 g/mol. The first-order valence-corrected chi connectivity index (χ1v) is 7.82. The van der Waals surface area contributed by atoms with E-state index in [2.05, 4.69) is 5.32 Å². The zero-order chi connectivity index (χ0) is 17.4. The molecule has 2 rings (SSSR count). The lowest BCUT2D eigenvalue weighted by molar-refractivity contribution is -0.306. The second-order valence-corrected chi connectivity index (χ2v) is 5.67. The van der Waals surface area contributed by atoms with E-state index in [-0.39, 0.29) is 31.4 Å². The Morgan fingerprint density at radius 1 is 1.08 bits per heavy atom. The molecule has 0 aromatic heterocycles. The van der Waals surface area contributed by atoms with Crippen LogP contribution in [-0.2, 0) is 9.59 Å². The quantitative estimate of drug-likeness (QED) is 0.790. The second kappa shape index (κ2) is 8.93. The van der Waals surface area contributed by atoms with E-state index >= 15 is 0 Å². The van der Waals surface area contributed by atoms with Gasteiger partial charge in [0.05, 0.1) is 0 Å². The molecule has 0 aliphatic rings. The maximum atomic E-state index is 11.9. The Morgan fingerprint density at radius 3 is 2.38 bits per heavy atom. The Morgan fingerprint density at radius 2 is 1.75 bits per heavy atom. The minimum absolute atomic E-state index is 0.158. The third-order valence-corrected chi connectivity index (χ3v) is 3.67. The number of ether oxygens (including phenoxy) is 1. The van der Waals surface area contributed by atoms with Crippen LogP contribution in [0.25, 0.3) is 0 Å². The minimum atomic E-state index is -1.16. The average molecular weight is 347 g/mol. The molecule has 2 aromatic carbocycles. The Hall–Kier alpha value is -2.53. The molecule has 2 aromatic rings. The number of aliphatic carboxylic acids is 1. The summed E-state index contributed by atoms with van der Waals surface area (Å²) >= 11 is 5.77. The van der Waals surface area contributed by atoms with Crippen LogP contribution in [0, 0.1) is 0 Å². The zero-order valence-electron chi connectivity index (χ0n) is 12.9. The van der Waals surface area contributed by atoms with Gasteiger partial charge in [0.1, 0.15) is 5.75 Å². The predicted octanol–water partition coefficient (Wildman–Crippen LogP) is 1.76. The highest BCUT2D eigenvalue weighted by Crippen LogP contribution is 2.18. The highest BCUT2D eigenvalue weighted by molar-refractivity contribution is 6.30. The van der Waals surface area contributed by atoms with Crippen LogP contribution in [0.1, 0.15) is 17.9 Å². The number of halogens is 1. The number of amides is 1. The van der Waals surface area contributed by atoms with Gasteiger partial charge in [0.2, 0.25) is 0 Å². The molecule has 1 N–H and O–H groups in total. The molecule has 0 bridgehead atoms. The van der Waals surface area contributed by atoms with Crippen molar-refractivity contribution in [3.63, 3.8) is 0 Å². The monoisotopic (exact) mass is 346 g/mol. The molecule has 1 atom stereocenters. The molecule has 0 radical (unpaired) electrons. The van der Waals surface area contributed by atoms with E-state index in [1.54, 1.807) is 24.3 Å². The lowest BCUT2D eigenvalue weighted by Gasteiger charge is -2.18. The molecule has 0 spiro atoms. The summed E-state index contributed by atoms with van der Waals surface area (Å²) < 4.78 is 5.34. The maximum Gasteiger partial charge on any atom is 0.257 e.